The molecule has 0 saturated carbocycles. The number of hydrogen-bond donors (Lipinski definition) is 2. The normalized spacial score (nSPS) is 22.2. The largest absolute Gasteiger partial charge is 0.479 e. The van der Waals surface area contributed by atoms with E-state index < -0.39 is 17.4 Å². The van der Waals surface area contributed by atoms with Crippen LogP contribution in [0.4, 0.5) is 0 Å². The molecule has 102 valence electrons. The first-order valence-electron chi connectivity index (χ1n) is 5.39. The molecule has 1 atom stereocenters. The van der Waals surface area contributed by atoms with Crippen LogP contribution >= 0.6 is 39.3 Å². The Balaban J connectivity index is 2.25. The van der Waals surface area contributed by atoms with Gasteiger partial charge in [0.15, 0.2) is 0 Å². The minimum absolute atomic E-state index is 0.0480. The molecule has 19 heavy (non-hydrogen) atoms. The first-order chi connectivity index (χ1) is 8.94. The van der Waals surface area contributed by atoms with Crippen molar-refractivity contribution >= 4 is 51.2 Å². The van der Waals surface area contributed by atoms with E-state index in [2.05, 4.69) is 26.2 Å². The van der Waals surface area contributed by atoms with E-state index in [4.69, 9.17) is 11.6 Å². The number of carboxylic acid groups (broad SMARTS) is 1. The minimum atomic E-state index is -1.21. The number of pyridine rings is 1. The highest BCUT2D eigenvalue weighted by atomic mass is 79.9. The van der Waals surface area contributed by atoms with E-state index >= 15 is 0 Å². The van der Waals surface area contributed by atoms with Crippen LogP contribution in [-0.4, -0.2) is 39.0 Å². The zero-order chi connectivity index (χ0) is 14.0. The van der Waals surface area contributed by atoms with Gasteiger partial charge in [-0.3, -0.25) is 4.79 Å². The van der Waals surface area contributed by atoms with Crippen LogP contribution in [-0.2, 0) is 4.79 Å². The molecule has 1 fully saturated rings. The molecule has 1 saturated heterocycles. The molecule has 0 radical (unpaired) electrons. The number of nitrogens with one attached hydrogen (secondary N) is 1. The molecule has 0 spiro atoms. The first kappa shape index (κ1) is 14.6. The molecule has 0 aliphatic carbocycles. The van der Waals surface area contributed by atoms with E-state index in [9.17, 15) is 14.7 Å². The van der Waals surface area contributed by atoms with Crippen molar-refractivity contribution in [1.29, 1.82) is 0 Å². The molecule has 1 amide bonds. The smallest absolute Gasteiger partial charge is 0.330 e. The number of hydrogen-bond acceptors (Lipinski definition) is 4. The summed E-state index contributed by atoms with van der Waals surface area (Å²) in [7, 11) is 0. The van der Waals surface area contributed by atoms with Crippen molar-refractivity contribution in [3.8, 4) is 0 Å². The molecule has 5 nitrogen and oxygen atoms in total. The molecular weight excluding hydrogens is 356 g/mol. The predicted molar refractivity (Wildman–Crippen MR) is 76.7 cm³/mol. The number of aliphatic carboxylic acids is 1. The standard InChI is InChI=1S/C11H10BrClN2O3S/c12-6-3-7(8(13)14-4-6)9(16)15-11(10(17)18)1-2-19-5-11/h3-4H,1-2,5H2,(H,15,16)(H,17,18). The Morgan fingerprint density at radius 2 is 2.32 bits per heavy atom. The fourth-order valence-electron chi connectivity index (χ4n) is 1.75. The first-order valence-corrected chi connectivity index (χ1v) is 7.72. The lowest BCUT2D eigenvalue weighted by Crippen LogP contribution is -2.54. The van der Waals surface area contributed by atoms with Crippen LogP contribution < -0.4 is 5.32 Å². The maximum absolute atomic E-state index is 12.2. The minimum Gasteiger partial charge on any atom is -0.479 e. The van der Waals surface area contributed by atoms with E-state index in [0.717, 1.165) is 0 Å². The Kier molecular flexibility index (Phi) is 4.37. The third-order valence-electron chi connectivity index (χ3n) is 2.83. The summed E-state index contributed by atoms with van der Waals surface area (Å²) in [6, 6.07) is 1.52. The molecule has 2 N–H and O–H groups in total. The highest BCUT2D eigenvalue weighted by Gasteiger charge is 2.43. The summed E-state index contributed by atoms with van der Waals surface area (Å²) in [4.78, 5) is 27.4. The molecular formula is C11H10BrClN2O3S. The molecule has 1 unspecified atom stereocenters. The van der Waals surface area contributed by atoms with Crippen LogP contribution in [0.15, 0.2) is 16.7 Å². The average Bonchev–Trinajstić information content (AvgIpc) is 2.82. The van der Waals surface area contributed by atoms with Gasteiger partial charge in [-0.15, -0.1) is 0 Å². The lowest BCUT2D eigenvalue weighted by atomic mass is 9.98. The van der Waals surface area contributed by atoms with Crippen molar-refractivity contribution in [3.05, 3.63) is 27.5 Å². The van der Waals surface area contributed by atoms with Crippen LogP contribution in [0.2, 0.25) is 5.15 Å². The van der Waals surface area contributed by atoms with Crippen molar-refractivity contribution in [2.24, 2.45) is 0 Å². The molecule has 1 aliphatic rings. The van der Waals surface area contributed by atoms with E-state index in [-0.39, 0.29) is 10.7 Å². The second-order valence-electron chi connectivity index (χ2n) is 4.14. The number of carbonyl (C=O) groups excluding carboxylic acids is 1. The van der Waals surface area contributed by atoms with Crippen LogP contribution in [0.3, 0.4) is 0 Å². The van der Waals surface area contributed by atoms with Crippen LogP contribution in [0.1, 0.15) is 16.8 Å². The third-order valence-corrected chi connectivity index (χ3v) is 4.76. The van der Waals surface area contributed by atoms with Gasteiger partial charge in [0.05, 0.1) is 5.56 Å². The number of thioether (sulfide) groups is 1. The molecule has 8 heteroatoms. The van der Waals surface area contributed by atoms with Crippen molar-refractivity contribution in [2.75, 3.05) is 11.5 Å². The number of carbonyl (C=O) groups is 2. The highest BCUT2D eigenvalue weighted by molar-refractivity contribution is 9.10. The molecule has 1 aromatic heterocycles. The van der Waals surface area contributed by atoms with Gasteiger partial charge in [-0.25, -0.2) is 9.78 Å². The van der Waals surface area contributed by atoms with Crippen molar-refractivity contribution in [3.63, 3.8) is 0 Å². The molecule has 0 bridgehead atoms. The Morgan fingerprint density at radius 3 is 2.89 bits per heavy atom. The zero-order valence-corrected chi connectivity index (χ0v) is 12.8. The summed E-state index contributed by atoms with van der Waals surface area (Å²) in [5, 5.41) is 11.9. The maximum atomic E-state index is 12.2. The summed E-state index contributed by atoms with van der Waals surface area (Å²) < 4.78 is 0.604. The Hall–Kier alpha value is -0.790. The monoisotopic (exact) mass is 364 g/mol. The number of amides is 1. The lowest BCUT2D eigenvalue weighted by molar-refractivity contribution is -0.143. The van der Waals surface area contributed by atoms with E-state index in [1.165, 1.54) is 24.0 Å². The quantitative estimate of drug-likeness (QED) is 0.803. The number of nitrogens with zero attached hydrogens (tertiary/aromatic N) is 1. The Labute approximate surface area is 127 Å². The summed E-state index contributed by atoms with van der Waals surface area (Å²) in [5.41, 5.74) is -1.05. The van der Waals surface area contributed by atoms with Gasteiger partial charge in [0.2, 0.25) is 0 Å². The van der Waals surface area contributed by atoms with Gasteiger partial charge in [-0.2, -0.15) is 11.8 Å². The van der Waals surface area contributed by atoms with Gasteiger partial charge < -0.3 is 10.4 Å². The predicted octanol–water partition coefficient (Wildman–Crippen LogP) is 2.19. The van der Waals surface area contributed by atoms with Gasteiger partial charge >= 0.3 is 5.97 Å². The van der Waals surface area contributed by atoms with Crippen LogP contribution in [0.5, 0.6) is 0 Å². The van der Waals surface area contributed by atoms with E-state index in [1.807, 2.05) is 0 Å². The van der Waals surface area contributed by atoms with Gasteiger partial charge in [-0.05, 0) is 34.2 Å². The SMILES string of the molecule is O=C(NC1(C(=O)O)CCSC1)c1cc(Br)cnc1Cl. The van der Waals surface area contributed by atoms with Gasteiger partial charge in [-0.1, -0.05) is 11.6 Å². The van der Waals surface area contributed by atoms with Crippen molar-refractivity contribution < 1.29 is 14.7 Å². The van der Waals surface area contributed by atoms with Gasteiger partial charge in [0.1, 0.15) is 10.7 Å². The summed E-state index contributed by atoms with van der Waals surface area (Å²) in [6.45, 7) is 0. The molecule has 2 rings (SSSR count). The maximum Gasteiger partial charge on any atom is 0.330 e. The van der Waals surface area contributed by atoms with Crippen molar-refractivity contribution in [1.82, 2.24) is 10.3 Å². The van der Waals surface area contributed by atoms with E-state index in [0.29, 0.717) is 22.4 Å². The number of carboxylic acids is 1. The van der Waals surface area contributed by atoms with Crippen molar-refractivity contribution in [2.45, 2.75) is 12.0 Å². The van der Waals surface area contributed by atoms with Crippen LogP contribution in [0, 0.1) is 0 Å². The number of aromatic nitrogens is 1. The highest BCUT2D eigenvalue weighted by Crippen LogP contribution is 2.29. The van der Waals surface area contributed by atoms with Crippen LogP contribution in [0.25, 0.3) is 0 Å². The second-order valence-corrected chi connectivity index (χ2v) is 6.51. The summed E-state index contributed by atoms with van der Waals surface area (Å²) >= 11 is 10.6. The van der Waals surface area contributed by atoms with E-state index in [1.54, 1.807) is 0 Å². The Morgan fingerprint density at radius 1 is 1.58 bits per heavy atom. The van der Waals surface area contributed by atoms with Gasteiger partial charge in [0, 0.05) is 16.4 Å². The topological polar surface area (TPSA) is 79.3 Å². The second kappa shape index (κ2) is 5.68. The summed E-state index contributed by atoms with van der Waals surface area (Å²) in [6.07, 6.45) is 1.87. The zero-order valence-electron chi connectivity index (χ0n) is 9.65. The molecule has 1 aromatic rings. The molecule has 0 aromatic carbocycles. The summed E-state index contributed by atoms with van der Waals surface area (Å²) in [5.74, 6) is -0.488. The Bertz CT molecular complexity index is 535. The number of halogens is 2. The number of rotatable bonds is 3. The third kappa shape index (κ3) is 3.04. The molecule has 2 heterocycles. The lowest BCUT2D eigenvalue weighted by Gasteiger charge is -2.24. The van der Waals surface area contributed by atoms with Gasteiger partial charge in [0.25, 0.3) is 5.91 Å². The fourth-order valence-corrected chi connectivity index (χ4v) is 3.60. The fraction of sp³-hybridized carbons (Fsp3) is 0.364. The average molecular weight is 366 g/mol. The molecule has 1 aliphatic heterocycles.